The highest BCUT2D eigenvalue weighted by Crippen LogP contribution is 2.20. The molecule has 0 saturated carbocycles. The van der Waals surface area contributed by atoms with Gasteiger partial charge in [0, 0.05) is 23.1 Å². The maximum absolute atomic E-state index is 12.2. The standard InChI is InChI=1S/C14H21NO3S/c1-3-15(4-2)10-11-19(18)13(14(16)17)12-8-6-5-7-9-12/h5-9,13H,3-4,10-11H2,1-2H3,(H,16,17). The van der Waals surface area contributed by atoms with Crippen LogP contribution < -0.4 is 0 Å². The lowest BCUT2D eigenvalue weighted by atomic mass is 10.1. The number of benzene rings is 1. The largest absolute Gasteiger partial charge is 0.480 e. The van der Waals surface area contributed by atoms with E-state index in [1.807, 2.05) is 19.9 Å². The first-order valence-corrected chi connectivity index (χ1v) is 7.85. The summed E-state index contributed by atoms with van der Waals surface area (Å²) >= 11 is 0. The quantitative estimate of drug-likeness (QED) is 0.791. The average Bonchev–Trinajstić information content (AvgIpc) is 2.41. The molecule has 2 unspecified atom stereocenters. The third kappa shape index (κ3) is 4.76. The number of aliphatic carboxylic acids is 1. The fourth-order valence-electron chi connectivity index (χ4n) is 1.91. The van der Waals surface area contributed by atoms with Crippen LogP contribution in [0.25, 0.3) is 0 Å². The van der Waals surface area contributed by atoms with Crippen molar-refractivity contribution in [1.29, 1.82) is 0 Å². The van der Waals surface area contributed by atoms with Crippen LogP contribution in [-0.4, -0.2) is 45.6 Å². The number of carbonyl (C=O) groups is 1. The summed E-state index contributed by atoms with van der Waals surface area (Å²) in [5.41, 5.74) is 0.605. The Bertz CT molecular complexity index is 418. The smallest absolute Gasteiger partial charge is 0.323 e. The summed E-state index contributed by atoms with van der Waals surface area (Å²) in [4.78, 5) is 13.5. The van der Waals surface area contributed by atoms with Crippen molar-refractivity contribution in [3.05, 3.63) is 35.9 Å². The van der Waals surface area contributed by atoms with Gasteiger partial charge in [-0.1, -0.05) is 44.2 Å². The number of carboxylic acids is 1. The molecule has 1 rings (SSSR count). The zero-order valence-electron chi connectivity index (χ0n) is 11.4. The molecule has 5 heteroatoms. The van der Waals surface area contributed by atoms with Gasteiger partial charge in [0.25, 0.3) is 0 Å². The average molecular weight is 283 g/mol. The molecule has 2 atom stereocenters. The summed E-state index contributed by atoms with van der Waals surface area (Å²) in [5.74, 6) is -0.642. The Balaban J connectivity index is 2.73. The molecule has 0 bridgehead atoms. The van der Waals surface area contributed by atoms with E-state index in [4.69, 9.17) is 0 Å². The van der Waals surface area contributed by atoms with Crippen LogP contribution in [-0.2, 0) is 15.6 Å². The number of hydrogen-bond donors (Lipinski definition) is 1. The minimum absolute atomic E-state index is 0.382. The van der Waals surface area contributed by atoms with Crippen molar-refractivity contribution in [2.75, 3.05) is 25.4 Å². The predicted octanol–water partition coefficient (Wildman–Crippen LogP) is 1.90. The van der Waals surface area contributed by atoms with Gasteiger partial charge < -0.3 is 10.0 Å². The van der Waals surface area contributed by atoms with Crippen molar-refractivity contribution in [1.82, 2.24) is 4.90 Å². The highest BCUT2D eigenvalue weighted by molar-refractivity contribution is 7.86. The molecular formula is C14H21NO3S. The Labute approximate surface area is 116 Å². The van der Waals surface area contributed by atoms with Gasteiger partial charge in [-0.3, -0.25) is 9.00 Å². The zero-order valence-corrected chi connectivity index (χ0v) is 12.2. The van der Waals surface area contributed by atoms with Gasteiger partial charge in [0.2, 0.25) is 0 Å². The van der Waals surface area contributed by atoms with E-state index in [0.29, 0.717) is 17.9 Å². The van der Waals surface area contributed by atoms with Gasteiger partial charge in [-0.25, -0.2) is 0 Å². The minimum Gasteiger partial charge on any atom is -0.480 e. The summed E-state index contributed by atoms with van der Waals surface area (Å²) in [5, 5.41) is 8.34. The van der Waals surface area contributed by atoms with Crippen LogP contribution >= 0.6 is 0 Å². The van der Waals surface area contributed by atoms with E-state index < -0.39 is 22.0 Å². The molecule has 0 aliphatic rings. The molecule has 0 saturated heterocycles. The van der Waals surface area contributed by atoms with E-state index in [0.717, 1.165) is 13.1 Å². The fourth-order valence-corrected chi connectivity index (χ4v) is 3.27. The van der Waals surface area contributed by atoms with Crippen molar-refractivity contribution in [2.45, 2.75) is 19.1 Å². The van der Waals surface area contributed by atoms with Crippen molar-refractivity contribution in [3.63, 3.8) is 0 Å². The van der Waals surface area contributed by atoms with Gasteiger partial charge in [0.1, 0.15) is 0 Å². The molecule has 19 heavy (non-hydrogen) atoms. The molecule has 0 aliphatic carbocycles. The molecular weight excluding hydrogens is 262 g/mol. The highest BCUT2D eigenvalue weighted by atomic mass is 32.2. The van der Waals surface area contributed by atoms with E-state index in [-0.39, 0.29) is 0 Å². The zero-order chi connectivity index (χ0) is 14.3. The second-order valence-corrected chi connectivity index (χ2v) is 5.88. The van der Waals surface area contributed by atoms with Crippen LogP contribution in [0.3, 0.4) is 0 Å². The van der Waals surface area contributed by atoms with Crippen molar-refractivity contribution in [3.8, 4) is 0 Å². The number of rotatable bonds is 8. The normalized spacial score (nSPS) is 14.3. The van der Waals surface area contributed by atoms with E-state index in [2.05, 4.69) is 4.90 Å². The van der Waals surface area contributed by atoms with Crippen molar-refractivity contribution in [2.24, 2.45) is 0 Å². The second kappa shape index (κ2) is 8.07. The first-order valence-electron chi connectivity index (χ1n) is 6.47. The fraction of sp³-hybridized carbons (Fsp3) is 0.500. The maximum Gasteiger partial charge on any atom is 0.323 e. The number of carboxylic acid groups (broad SMARTS) is 1. The SMILES string of the molecule is CCN(CC)CCS(=O)C(C(=O)O)c1ccccc1. The second-order valence-electron chi connectivity index (χ2n) is 4.24. The molecule has 1 aromatic rings. The lowest BCUT2D eigenvalue weighted by Gasteiger charge is -2.19. The van der Waals surface area contributed by atoms with Gasteiger partial charge in [0.05, 0.1) is 0 Å². The Morgan fingerprint density at radius 2 is 1.84 bits per heavy atom. The lowest BCUT2D eigenvalue weighted by Crippen LogP contribution is -2.30. The first kappa shape index (κ1) is 15.9. The Morgan fingerprint density at radius 1 is 1.26 bits per heavy atom. The highest BCUT2D eigenvalue weighted by Gasteiger charge is 2.26. The van der Waals surface area contributed by atoms with E-state index in [9.17, 15) is 14.1 Å². The molecule has 0 amide bonds. The van der Waals surface area contributed by atoms with E-state index in [1.165, 1.54) is 0 Å². The molecule has 0 radical (unpaired) electrons. The maximum atomic E-state index is 12.2. The van der Waals surface area contributed by atoms with E-state index in [1.54, 1.807) is 24.3 Å². The van der Waals surface area contributed by atoms with Crippen LogP contribution in [0.2, 0.25) is 0 Å². The van der Waals surface area contributed by atoms with Gasteiger partial charge in [-0.05, 0) is 18.7 Å². The van der Waals surface area contributed by atoms with Gasteiger partial charge in [0.15, 0.2) is 5.25 Å². The monoisotopic (exact) mass is 283 g/mol. The third-order valence-electron chi connectivity index (χ3n) is 3.09. The summed E-state index contributed by atoms with van der Waals surface area (Å²) in [7, 11) is -1.40. The van der Waals surface area contributed by atoms with Crippen LogP contribution in [0.4, 0.5) is 0 Å². The van der Waals surface area contributed by atoms with Gasteiger partial charge in [-0.15, -0.1) is 0 Å². The molecule has 0 heterocycles. The summed E-state index contributed by atoms with van der Waals surface area (Å²) in [6.07, 6.45) is 0. The molecule has 1 aromatic carbocycles. The van der Waals surface area contributed by atoms with Gasteiger partial charge >= 0.3 is 5.97 Å². The van der Waals surface area contributed by atoms with Gasteiger partial charge in [-0.2, -0.15) is 0 Å². The molecule has 106 valence electrons. The predicted molar refractivity (Wildman–Crippen MR) is 77.6 cm³/mol. The third-order valence-corrected chi connectivity index (χ3v) is 4.68. The number of nitrogens with zero attached hydrogens (tertiary/aromatic N) is 1. The molecule has 0 aromatic heterocycles. The Hall–Kier alpha value is -1.20. The van der Waals surface area contributed by atoms with Crippen LogP contribution in [0.15, 0.2) is 30.3 Å². The Morgan fingerprint density at radius 3 is 2.32 bits per heavy atom. The summed E-state index contributed by atoms with van der Waals surface area (Å²) in [6, 6.07) is 8.79. The topological polar surface area (TPSA) is 57.6 Å². The summed E-state index contributed by atoms with van der Waals surface area (Å²) < 4.78 is 12.2. The molecule has 0 fully saturated rings. The lowest BCUT2D eigenvalue weighted by molar-refractivity contribution is -0.136. The van der Waals surface area contributed by atoms with Crippen molar-refractivity contribution < 1.29 is 14.1 Å². The van der Waals surface area contributed by atoms with E-state index >= 15 is 0 Å². The number of hydrogen-bond acceptors (Lipinski definition) is 3. The van der Waals surface area contributed by atoms with Crippen LogP contribution in [0.1, 0.15) is 24.7 Å². The van der Waals surface area contributed by atoms with Crippen LogP contribution in [0, 0.1) is 0 Å². The Kier molecular flexibility index (Phi) is 6.73. The first-order chi connectivity index (χ1) is 9.10. The van der Waals surface area contributed by atoms with Crippen LogP contribution in [0.5, 0.6) is 0 Å². The summed E-state index contributed by atoms with van der Waals surface area (Å²) in [6.45, 7) is 6.51. The molecule has 1 N–H and O–H groups in total. The molecule has 0 aliphatic heterocycles. The minimum atomic E-state index is -1.40. The molecule has 4 nitrogen and oxygen atoms in total. The van der Waals surface area contributed by atoms with Crippen molar-refractivity contribution >= 4 is 16.8 Å². The molecule has 0 spiro atoms.